The molecule has 6 nitrogen and oxygen atoms in total. The number of rotatable bonds is 7. The maximum Gasteiger partial charge on any atom is 0.295 e. The summed E-state index contributed by atoms with van der Waals surface area (Å²) in [5.41, 5.74) is 3.14. The van der Waals surface area contributed by atoms with Gasteiger partial charge < -0.3 is 19.5 Å². The summed E-state index contributed by atoms with van der Waals surface area (Å²) in [6.45, 7) is 4.58. The van der Waals surface area contributed by atoms with Crippen molar-refractivity contribution in [3.05, 3.63) is 70.3 Å². The third-order valence-electron chi connectivity index (χ3n) is 5.35. The van der Waals surface area contributed by atoms with Gasteiger partial charge in [0.15, 0.2) is 0 Å². The number of aliphatic hydroxyl groups is 1. The average molecular weight is 409 g/mol. The molecule has 0 spiro atoms. The van der Waals surface area contributed by atoms with E-state index in [1.54, 1.807) is 32.4 Å². The van der Waals surface area contributed by atoms with E-state index in [0.29, 0.717) is 36.4 Å². The molecule has 1 heterocycles. The molecule has 1 atom stereocenters. The molecular weight excluding hydrogens is 382 g/mol. The highest BCUT2D eigenvalue weighted by molar-refractivity contribution is 6.46. The first-order valence-corrected chi connectivity index (χ1v) is 9.88. The van der Waals surface area contributed by atoms with Crippen molar-refractivity contribution in [1.82, 2.24) is 4.90 Å². The van der Waals surface area contributed by atoms with Gasteiger partial charge in [-0.25, -0.2) is 0 Å². The van der Waals surface area contributed by atoms with Crippen molar-refractivity contribution in [1.29, 1.82) is 0 Å². The molecule has 1 amide bonds. The predicted octanol–water partition coefficient (Wildman–Crippen LogP) is 3.77. The van der Waals surface area contributed by atoms with E-state index >= 15 is 0 Å². The van der Waals surface area contributed by atoms with Crippen molar-refractivity contribution < 1.29 is 24.2 Å². The summed E-state index contributed by atoms with van der Waals surface area (Å²) >= 11 is 0. The molecule has 158 valence electrons. The zero-order chi connectivity index (χ0) is 21.8. The molecule has 1 saturated heterocycles. The number of nitrogens with zero attached hydrogens (tertiary/aromatic N) is 1. The number of carbonyl (C=O) groups excluding carboxylic acids is 2. The van der Waals surface area contributed by atoms with E-state index in [-0.39, 0.29) is 11.3 Å². The molecule has 1 fully saturated rings. The molecule has 6 heteroatoms. The van der Waals surface area contributed by atoms with Crippen LogP contribution in [0.2, 0.25) is 0 Å². The average Bonchev–Trinajstić information content (AvgIpc) is 3.00. The summed E-state index contributed by atoms with van der Waals surface area (Å²) in [4.78, 5) is 27.4. The minimum absolute atomic E-state index is 0.0966. The maximum atomic E-state index is 13.0. The Morgan fingerprint density at radius 3 is 2.57 bits per heavy atom. The van der Waals surface area contributed by atoms with Gasteiger partial charge in [-0.1, -0.05) is 29.8 Å². The Morgan fingerprint density at radius 2 is 1.87 bits per heavy atom. The minimum atomic E-state index is -0.697. The van der Waals surface area contributed by atoms with Gasteiger partial charge in [0.05, 0.1) is 18.7 Å². The first kappa shape index (κ1) is 21.6. The normalized spacial score (nSPS) is 18.1. The maximum absolute atomic E-state index is 13.0. The molecule has 1 aliphatic rings. The van der Waals surface area contributed by atoms with Crippen LogP contribution in [0.15, 0.2) is 48.0 Å². The highest BCUT2D eigenvalue weighted by Gasteiger charge is 2.46. The lowest BCUT2D eigenvalue weighted by Crippen LogP contribution is -2.31. The molecule has 2 aromatic carbocycles. The predicted molar refractivity (Wildman–Crippen MR) is 114 cm³/mol. The fourth-order valence-corrected chi connectivity index (χ4v) is 3.78. The van der Waals surface area contributed by atoms with Gasteiger partial charge in [-0.05, 0) is 49.6 Å². The lowest BCUT2D eigenvalue weighted by atomic mass is 9.93. The van der Waals surface area contributed by atoms with Crippen LogP contribution in [0, 0.1) is 13.8 Å². The Kier molecular flexibility index (Phi) is 6.57. The Morgan fingerprint density at radius 1 is 1.10 bits per heavy atom. The van der Waals surface area contributed by atoms with Gasteiger partial charge >= 0.3 is 0 Å². The van der Waals surface area contributed by atoms with Crippen LogP contribution >= 0.6 is 0 Å². The van der Waals surface area contributed by atoms with E-state index in [0.717, 1.165) is 11.1 Å². The van der Waals surface area contributed by atoms with Gasteiger partial charge in [-0.2, -0.15) is 0 Å². The van der Waals surface area contributed by atoms with Crippen molar-refractivity contribution in [3.8, 4) is 5.75 Å². The van der Waals surface area contributed by atoms with Crippen molar-refractivity contribution in [2.75, 3.05) is 27.4 Å². The van der Waals surface area contributed by atoms with Crippen LogP contribution in [0.1, 0.15) is 34.7 Å². The van der Waals surface area contributed by atoms with Crippen LogP contribution in [0.4, 0.5) is 0 Å². The number of aliphatic hydroxyl groups excluding tert-OH is 1. The van der Waals surface area contributed by atoms with E-state index in [9.17, 15) is 14.7 Å². The van der Waals surface area contributed by atoms with Gasteiger partial charge in [-0.15, -0.1) is 0 Å². The summed E-state index contributed by atoms with van der Waals surface area (Å²) in [7, 11) is 3.15. The largest absolute Gasteiger partial charge is 0.507 e. The van der Waals surface area contributed by atoms with E-state index in [4.69, 9.17) is 9.47 Å². The SMILES string of the molecule is COCCCN1C(=O)C(=O)/C(=C(/O)c2cc(C)ccc2C)C1c1cccc(OC)c1. The number of ketones is 1. The number of likely N-dealkylation sites (tertiary alicyclic amines) is 1. The molecule has 30 heavy (non-hydrogen) atoms. The third-order valence-corrected chi connectivity index (χ3v) is 5.35. The zero-order valence-electron chi connectivity index (χ0n) is 17.8. The van der Waals surface area contributed by atoms with Crippen molar-refractivity contribution in [2.45, 2.75) is 26.3 Å². The van der Waals surface area contributed by atoms with E-state index in [1.807, 2.05) is 38.1 Å². The van der Waals surface area contributed by atoms with Gasteiger partial charge in [-0.3, -0.25) is 9.59 Å². The van der Waals surface area contributed by atoms with Gasteiger partial charge in [0.25, 0.3) is 11.7 Å². The van der Waals surface area contributed by atoms with Gasteiger partial charge in [0.2, 0.25) is 0 Å². The number of benzene rings is 2. The molecule has 3 rings (SSSR count). The molecule has 1 unspecified atom stereocenters. The fourth-order valence-electron chi connectivity index (χ4n) is 3.78. The molecule has 0 aliphatic carbocycles. The molecule has 0 saturated carbocycles. The smallest absolute Gasteiger partial charge is 0.295 e. The van der Waals surface area contributed by atoms with Crippen LogP contribution in [-0.4, -0.2) is 49.1 Å². The summed E-state index contributed by atoms with van der Waals surface area (Å²) in [6.07, 6.45) is 0.577. The minimum Gasteiger partial charge on any atom is -0.507 e. The van der Waals surface area contributed by atoms with Crippen LogP contribution < -0.4 is 4.74 Å². The number of ether oxygens (including phenoxy) is 2. The van der Waals surface area contributed by atoms with E-state index < -0.39 is 17.7 Å². The quantitative estimate of drug-likeness (QED) is 0.326. The number of hydrogen-bond acceptors (Lipinski definition) is 5. The van der Waals surface area contributed by atoms with E-state index in [2.05, 4.69) is 0 Å². The summed E-state index contributed by atoms with van der Waals surface area (Å²) in [5, 5.41) is 11.2. The first-order valence-electron chi connectivity index (χ1n) is 9.88. The van der Waals surface area contributed by atoms with Crippen LogP contribution in [-0.2, 0) is 14.3 Å². The van der Waals surface area contributed by atoms with Gasteiger partial charge in [0.1, 0.15) is 11.5 Å². The molecule has 0 aromatic heterocycles. The topological polar surface area (TPSA) is 76.1 Å². The summed E-state index contributed by atoms with van der Waals surface area (Å²) in [6, 6.07) is 12.2. The van der Waals surface area contributed by atoms with Crippen LogP contribution in [0.25, 0.3) is 5.76 Å². The lowest BCUT2D eigenvalue weighted by molar-refractivity contribution is -0.140. The first-order chi connectivity index (χ1) is 14.4. The van der Waals surface area contributed by atoms with E-state index in [1.165, 1.54) is 4.90 Å². The highest BCUT2D eigenvalue weighted by Crippen LogP contribution is 2.40. The second kappa shape index (κ2) is 9.13. The molecule has 1 aliphatic heterocycles. The zero-order valence-corrected chi connectivity index (χ0v) is 17.8. The monoisotopic (exact) mass is 409 g/mol. The van der Waals surface area contributed by atoms with Crippen molar-refractivity contribution >= 4 is 17.4 Å². The molecular formula is C24H27NO5. The Bertz CT molecular complexity index is 995. The fraction of sp³-hybridized carbons (Fsp3) is 0.333. The molecule has 1 N–H and O–H groups in total. The van der Waals surface area contributed by atoms with Gasteiger partial charge in [0, 0.05) is 25.8 Å². The number of amides is 1. The second-order valence-corrected chi connectivity index (χ2v) is 7.43. The summed E-state index contributed by atoms with van der Waals surface area (Å²) < 4.78 is 10.4. The Labute approximate surface area is 176 Å². The highest BCUT2D eigenvalue weighted by atomic mass is 16.5. The number of Topliss-reactive ketones (excluding diaryl/α,β-unsaturated/α-hetero) is 1. The van der Waals surface area contributed by atoms with Crippen LogP contribution in [0.3, 0.4) is 0 Å². The third kappa shape index (κ3) is 4.09. The standard InChI is InChI=1S/C24H27NO5/c1-15-9-10-16(2)19(13-15)22(26)20-21(17-7-5-8-18(14-17)30-4)25(11-6-12-29-3)24(28)23(20)27/h5,7-10,13-14,21,26H,6,11-12H2,1-4H3/b22-20+. The van der Waals surface area contributed by atoms with Crippen LogP contribution in [0.5, 0.6) is 5.75 Å². The Balaban J connectivity index is 2.18. The lowest BCUT2D eigenvalue weighted by Gasteiger charge is -2.25. The van der Waals surface area contributed by atoms with Crippen molar-refractivity contribution in [3.63, 3.8) is 0 Å². The number of hydrogen-bond donors (Lipinski definition) is 1. The number of carbonyl (C=O) groups is 2. The Hall–Kier alpha value is -3.12. The molecule has 2 aromatic rings. The molecule has 0 radical (unpaired) electrons. The van der Waals surface area contributed by atoms with Crippen molar-refractivity contribution in [2.24, 2.45) is 0 Å². The second-order valence-electron chi connectivity index (χ2n) is 7.43. The number of methoxy groups -OCH3 is 2. The molecule has 0 bridgehead atoms. The number of aryl methyl sites for hydroxylation is 2. The summed E-state index contributed by atoms with van der Waals surface area (Å²) in [5.74, 6) is -0.845.